The van der Waals surface area contributed by atoms with Crippen LogP contribution in [0.3, 0.4) is 0 Å². The third-order valence-electron chi connectivity index (χ3n) is 2.74. The summed E-state index contributed by atoms with van der Waals surface area (Å²) in [4.78, 5) is 23.8. The molecule has 1 amide bonds. The number of hydrogen-bond donors (Lipinski definition) is 1. The predicted octanol–water partition coefficient (Wildman–Crippen LogP) is 1.01. The Bertz CT molecular complexity index is 495. The molecular formula is C11H19N5O3. The van der Waals surface area contributed by atoms with Gasteiger partial charge >= 0.3 is 5.69 Å². The lowest BCUT2D eigenvalue weighted by molar-refractivity contribution is -0.384. The number of amides is 1. The first kappa shape index (κ1) is 14.9. The fraction of sp³-hybridized carbons (Fsp3) is 0.636. The summed E-state index contributed by atoms with van der Waals surface area (Å²) in [5.74, 6) is 0.114. The van der Waals surface area contributed by atoms with E-state index in [9.17, 15) is 14.9 Å². The van der Waals surface area contributed by atoms with Gasteiger partial charge in [0.25, 0.3) is 0 Å². The lowest BCUT2D eigenvalue weighted by atomic mass is 10.3. The average molecular weight is 269 g/mol. The maximum absolute atomic E-state index is 11.8. The van der Waals surface area contributed by atoms with Gasteiger partial charge in [-0.15, -0.1) is 0 Å². The molecule has 1 aromatic heterocycles. The Labute approximate surface area is 111 Å². The molecule has 19 heavy (non-hydrogen) atoms. The second-order valence-electron chi connectivity index (χ2n) is 4.45. The standard InChI is InChI=1S/C11H19N5O3/c1-6-15-10(9(16(18)19)7(2)13-15)12-8(3)11(17)14(4)5/h8,12H,6H2,1-5H3. The highest BCUT2D eigenvalue weighted by atomic mass is 16.6. The maximum Gasteiger partial charge on any atom is 0.333 e. The van der Waals surface area contributed by atoms with Crippen molar-refractivity contribution in [1.82, 2.24) is 14.7 Å². The van der Waals surface area contributed by atoms with Crippen molar-refractivity contribution in [3.8, 4) is 0 Å². The molecule has 0 saturated carbocycles. The molecule has 1 rings (SSSR count). The van der Waals surface area contributed by atoms with Crippen molar-refractivity contribution in [2.24, 2.45) is 0 Å². The van der Waals surface area contributed by atoms with E-state index < -0.39 is 11.0 Å². The summed E-state index contributed by atoms with van der Waals surface area (Å²) in [7, 11) is 3.27. The molecule has 1 atom stereocenters. The monoisotopic (exact) mass is 269 g/mol. The third-order valence-corrected chi connectivity index (χ3v) is 2.74. The van der Waals surface area contributed by atoms with Crippen LogP contribution in [-0.2, 0) is 11.3 Å². The molecule has 0 aliphatic rings. The Morgan fingerprint density at radius 3 is 2.58 bits per heavy atom. The zero-order chi connectivity index (χ0) is 14.7. The van der Waals surface area contributed by atoms with Crippen LogP contribution >= 0.6 is 0 Å². The van der Waals surface area contributed by atoms with Gasteiger partial charge in [-0.1, -0.05) is 0 Å². The summed E-state index contributed by atoms with van der Waals surface area (Å²) in [6.45, 7) is 5.56. The van der Waals surface area contributed by atoms with Gasteiger partial charge in [-0.3, -0.25) is 14.9 Å². The molecular weight excluding hydrogens is 250 g/mol. The smallest absolute Gasteiger partial charge is 0.333 e. The van der Waals surface area contributed by atoms with E-state index in [4.69, 9.17) is 0 Å². The highest BCUT2D eigenvalue weighted by Crippen LogP contribution is 2.28. The first-order valence-electron chi connectivity index (χ1n) is 5.99. The molecule has 0 aliphatic heterocycles. The van der Waals surface area contributed by atoms with Crippen LogP contribution in [-0.4, -0.2) is 45.6 Å². The number of aryl methyl sites for hydroxylation is 2. The molecule has 1 heterocycles. The van der Waals surface area contributed by atoms with Gasteiger partial charge in [0.05, 0.1) is 4.92 Å². The van der Waals surface area contributed by atoms with Crippen LogP contribution in [0, 0.1) is 17.0 Å². The number of anilines is 1. The van der Waals surface area contributed by atoms with Crippen molar-refractivity contribution in [2.45, 2.75) is 33.4 Å². The Kier molecular flexibility index (Phi) is 4.47. The van der Waals surface area contributed by atoms with Crippen molar-refractivity contribution in [2.75, 3.05) is 19.4 Å². The highest BCUT2D eigenvalue weighted by Gasteiger charge is 2.27. The SMILES string of the molecule is CCn1nc(C)c([N+](=O)[O-])c1NC(C)C(=O)N(C)C. The van der Waals surface area contributed by atoms with Crippen molar-refractivity contribution >= 4 is 17.4 Å². The summed E-state index contributed by atoms with van der Waals surface area (Å²) < 4.78 is 1.49. The van der Waals surface area contributed by atoms with E-state index in [-0.39, 0.29) is 17.4 Å². The molecule has 0 saturated heterocycles. The van der Waals surface area contributed by atoms with Crippen LogP contribution in [0.1, 0.15) is 19.5 Å². The summed E-state index contributed by atoms with van der Waals surface area (Å²) in [5, 5.41) is 18.0. The van der Waals surface area contributed by atoms with Crippen molar-refractivity contribution in [3.05, 3.63) is 15.8 Å². The average Bonchev–Trinajstić information content (AvgIpc) is 2.64. The molecule has 1 unspecified atom stereocenters. The number of aromatic nitrogens is 2. The molecule has 1 N–H and O–H groups in total. The number of hydrogen-bond acceptors (Lipinski definition) is 5. The molecule has 0 spiro atoms. The summed E-state index contributed by atoms with van der Waals surface area (Å²) in [6.07, 6.45) is 0. The largest absolute Gasteiger partial charge is 0.353 e. The number of nitrogens with one attached hydrogen (secondary N) is 1. The van der Waals surface area contributed by atoms with E-state index in [1.165, 1.54) is 9.58 Å². The first-order valence-corrected chi connectivity index (χ1v) is 5.99. The van der Waals surface area contributed by atoms with Crippen molar-refractivity contribution in [1.29, 1.82) is 0 Å². The summed E-state index contributed by atoms with van der Waals surface area (Å²) in [5.41, 5.74) is 0.249. The fourth-order valence-corrected chi connectivity index (χ4v) is 1.82. The van der Waals surface area contributed by atoms with E-state index in [2.05, 4.69) is 10.4 Å². The molecule has 106 valence electrons. The molecule has 0 aliphatic carbocycles. The van der Waals surface area contributed by atoms with Gasteiger partial charge in [0.15, 0.2) is 0 Å². The van der Waals surface area contributed by atoms with E-state index >= 15 is 0 Å². The Balaban J connectivity index is 3.12. The van der Waals surface area contributed by atoms with Gasteiger partial charge in [-0.2, -0.15) is 5.10 Å². The van der Waals surface area contributed by atoms with Crippen LogP contribution in [0.15, 0.2) is 0 Å². The topological polar surface area (TPSA) is 93.3 Å². The van der Waals surface area contributed by atoms with Crippen molar-refractivity contribution in [3.63, 3.8) is 0 Å². The number of carbonyl (C=O) groups excluding carboxylic acids is 1. The Morgan fingerprint density at radius 2 is 2.16 bits per heavy atom. The van der Waals surface area contributed by atoms with Crippen LogP contribution in [0.2, 0.25) is 0 Å². The van der Waals surface area contributed by atoms with Crippen LogP contribution in [0.25, 0.3) is 0 Å². The minimum absolute atomic E-state index is 0.0831. The predicted molar refractivity (Wildman–Crippen MR) is 71.1 cm³/mol. The molecule has 1 aromatic rings. The number of nitro groups is 1. The van der Waals surface area contributed by atoms with Gasteiger partial charge in [0, 0.05) is 20.6 Å². The van der Waals surface area contributed by atoms with Crippen LogP contribution in [0.4, 0.5) is 11.5 Å². The zero-order valence-corrected chi connectivity index (χ0v) is 11.8. The summed E-state index contributed by atoms with van der Waals surface area (Å²) >= 11 is 0. The van der Waals surface area contributed by atoms with Gasteiger partial charge in [-0.05, 0) is 20.8 Å². The summed E-state index contributed by atoms with van der Waals surface area (Å²) in [6, 6.07) is -0.560. The second-order valence-corrected chi connectivity index (χ2v) is 4.45. The third kappa shape index (κ3) is 3.01. The molecule has 8 heteroatoms. The van der Waals surface area contributed by atoms with Crippen molar-refractivity contribution < 1.29 is 9.72 Å². The normalized spacial score (nSPS) is 12.1. The van der Waals surface area contributed by atoms with Gasteiger partial charge in [-0.25, -0.2) is 4.68 Å². The lowest BCUT2D eigenvalue weighted by Crippen LogP contribution is -2.37. The van der Waals surface area contributed by atoms with E-state index in [1.807, 2.05) is 6.92 Å². The van der Waals surface area contributed by atoms with E-state index in [0.717, 1.165) is 0 Å². The second kappa shape index (κ2) is 5.68. The van der Waals surface area contributed by atoms with Gasteiger partial charge in [0.1, 0.15) is 11.7 Å². The first-order chi connectivity index (χ1) is 8.79. The number of rotatable bonds is 5. The molecule has 0 bridgehead atoms. The Morgan fingerprint density at radius 1 is 1.58 bits per heavy atom. The lowest BCUT2D eigenvalue weighted by Gasteiger charge is -2.18. The van der Waals surface area contributed by atoms with E-state index in [1.54, 1.807) is 27.9 Å². The quantitative estimate of drug-likeness (QED) is 0.636. The fourth-order valence-electron chi connectivity index (χ4n) is 1.82. The zero-order valence-electron chi connectivity index (χ0n) is 11.8. The van der Waals surface area contributed by atoms with E-state index in [0.29, 0.717) is 12.2 Å². The van der Waals surface area contributed by atoms with Crippen LogP contribution < -0.4 is 5.32 Å². The van der Waals surface area contributed by atoms with Gasteiger partial charge in [0.2, 0.25) is 11.7 Å². The number of carbonyl (C=O) groups is 1. The highest BCUT2D eigenvalue weighted by molar-refractivity contribution is 5.84. The minimum atomic E-state index is -0.560. The molecule has 0 aromatic carbocycles. The maximum atomic E-state index is 11.8. The minimum Gasteiger partial charge on any atom is -0.353 e. The molecule has 0 fully saturated rings. The Hall–Kier alpha value is -2.12. The van der Waals surface area contributed by atoms with Crippen LogP contribution in [0.5, 0.6) is 0 Å². The van der Waals surface area contributed by atoms with Gasteiger partial charge < -0.3 is 10.2 Å². The number of likely N-dealkylation sites (N-methyl/N-ethyl adjacent to an activating group) is 1. The number of nitrogens with zero attached hydrogens (tertiary/aromatic N) is 4. The molecule has 8 nitrogen and oxygen atoms in total. The molecule has 0 radical (unpaired) electrons.